The molecule has 0 saturated carbocycles. The number of nitrogens with one attached hydrogen (secondary N) is 2. The van der Waals surface area contributed by atoms with Crippen molar-refractivity contribution in [1.82, 2.24) is 5.32 Å². The number of benzene rings is 2. The van der Waals surface area contributed by atoms with Crippen LogP contribution in [0, 0.1) is 5.41 Å². The van der Waals surface area contributed by atoms with Gasteiger partial charge in [-0.15, -0.1) is 0 Å². The Morgan fingerprint density at radius 3 is 2.64 bits per heavy atom. The predicted octanol–water partition coefficient (Wildman–Crippen LogP) is 3.63. The molecule has 28 heavy (non-hydrogen) atoms. The first-order chi connectivity index (χ1) is 13.2. The summed E-state index contributed by atoms with van der Waals surface area (Å²) in [5, 5.41) is 16.0. The number of methoxy groups -OCH3 is 1. The SMILES string of the molecule is COc1ccccc1C1(NCC(C)(C)CC(=O)O)C(=O)Nc2ccc(Cl)cc21. The predicted molar refractivity (Wildman–Crippen MR) is 108 cm³/mol. The quantitative estimate of drug-likeness (QED) is 0.658. The highest BCUT2D eigenvalue weighted by Crippen LogP contribution is 2.45. The number of carboxylic acid groups (broad SMARTS) is 1. The van der Waals surface area contributed by atoms with E-state index in [9.17, 15) is 14.7 Å². The lowest BCUT2D eigenvalue weighted by molar-refractivity contribution is -0.139. The number of hydrogen-bond acceptors (Lipinski definition) is 4. The minimum Gasteiger partial charge on any atom is -0.496 e. The molecule has 6 nitrogen and oxygen atoms in total. The molecule has 148 valence electrons. The number of halogens is 1. The number of carbonyl (C=O) groups is 2. The van der Waals surface area contributed by atoms with Gasteiger partial charge in [0, 0.05) is 28.4 Å². The van der Waals surface area contributed by atoms with Crippen LogP contribution in [-0.4, -0.2) is 30.6 Å². The van der Waals surface area contributed by atoms with Crippen LogP contribution in [-0.2, 0) is 15.1 Å². The minimum atomic E-state index is -1.25. The molecule has 1 aliphatic heterocycles. The first kappa shape index (κ1) is 20.2. The van der Waals surface area contributed by atoms with Crippen molar-refractivity contribution in [2.45, 2.75) is 25.8 Å². The number of hydrogen-bond donors (Lipinski definition) is 3. The third-order valence-electron chi connectivity index (χ3n) is 4.95. The second-order valence-corrected chi connectivity index (χ2v) is 8.12. The fourth-order valence-electron chi connectivity index (χ4n) is 3.61. The molecular formula is C21H23ClN2O4. The van der Waals surface area contributed by atoms with Crippen molar-refractivity contribution in [3.05, 3.63) is 58.6 Å². The lowest BCUT2D eigenvalue weighted by Crippen LogP contribution is -2.52. The van der Waals surface area contributed by atoms with E-state index in [2.05, 4.69) is 10.6 Å². The highest BCUT2D eigenvalue weighted by Gasteiger charge is 2.50. The van der Waals surface area contributed by atoms with Gasteiger partial charge in [-0.05, 0) is 29.7 Å². The average Bonchev–Trinajstić information content (AvgIpc) is 2.90. The van der Waals surface area contributed by atoms with Gasteiger partial charge in [0.1, 0.15) is 5.75 Å². The number of aliphatic carboxylic acids is 1. The Labute approximate surface area is 168 Å². The van der Waals surface area contributed by atoms with Crippen LogP contribution >= 0.6 is 11.6 Å². The van der Waals surface area contributed by atoms with Gasteiger partial charge in [-0.3, -0.25) is 14.9 Å². The van der Waals surface area contributed by atoms with Crippen molar-refractivity contribution >= 4 is 29.2 Å². The number of para-hydroxylation sites is 1. The first-order valence-electron chi connectivity index (χ1n) is 8.91. The van der Waals surface area contributed by atoms with E-state index in [4.69, 9.17) is 16.3 Å². The van der Waals surface area contributed by atoms with Crippen LogP contribution < -0.4 is 15.4 Å². The van der Waals surface area contributed by atoms with Crippen molar-refractivity contribution in [2.75, 3.05) is 19.0 Å². The van der Waals surface area contributed by atoms with Gasteiger partial charge >= 0.3 is 5.97 Å². The van der Waals surface area contributed by atoms with Crippen LogP contribution in [0.2, 0.25) is 5.02 Å². The van der Waals surface area contributed by atoms with Crippen LogP contribution in [0.15, 0.2) is 42.5 Å². The molecule has 1 unspecified atom stereocenters. The summed E-state index contributed by atoms with van der Waals surface area (Å²) in [6, 6.07) is 12.5. The highest BCUT2D eigenvalue weighted by atomic mass is 35.5. The number of fused-ring (bicyclic) bond motifs is 1. The van der Waals surface area contributed by atoms with Gasteiger partial charge in [-0.2, -0.15) is 0 Å². The number of rotatable bonds is 7. The molecule has 1 heterocycles. The van der Waals surface area contributed by atoms with Gasteiger partial charge in [-0.25, -0.2) is 0 Å². The largest absolute Gasteiger partial charge is 0.496 e. The standard InChI is InChI=1S/C21H23ClN2O4/c1-20(2,11-18(25)26)12-23-21(14-6-4-5-7-17(14)28-3)15-10-13(22)8-9-16(15)24-19(21)27/h4-10,23H,11-12H2,1-3H3,(H,24,27)(H,25,26). The molecule has 0 fully saturated rings. The van der Waals surface area contributed by atoms with E-state index in [1.165, 1.54) is 0 Å². The third-order valence-corrected chi connectivity index (χ3v) is 5.18. The van der Waals surface area contributed by atoms with E-state index < -0.39 is 16.9 Å². The van der Waals surface area contributed by atoms with Crippen molar-refractivity contribution in [1.29, 1.82) is 0 Å². The van der Waals surface area contributed by atoms with E-state index in [1.54, 1.807) is 31.4 Å². The van der Waals surface area contributed by atoms with Gasteiger partial charge in [0.15, 0.2) is 5.54 Å². The van der Waals surface area contributed by atoms with E-state index >= 15 is 0 Å². The molecule has 0 aromatic heterocycles. The zero-order chi connectivity index (χ0) is 20.5. The Hall–Kier alpha value is -2.57. The van der Waals surface area contributed by atoms with Crippen molar-refractivity contribution in [2.24, 2.45) is 5.41 Å². The van der Waals surface area contributed by atoms with Crippen LogP contribution in [0.25, 0.3) is 0 Å². The molecule has 1 amide bonds. The summed E-state index contributed by atoms with van der Waals surface area (Å²) in [4.78, 5) is 24.5. The van der Waals surface area contributed by atoms with Crippen LogP contribution in [0.5, 0.6) is 5.75 Å². The Balaban J connectivity index is 2.15. The second-order valence-electron chi connectivity index (χ2n) is 7.68. The van der Waals surface area contributed by atoms with Crippen LogP contribution in [0.4, 0.5) is 5.69 Å². The summed E-state index contributed by atoms with van der Waals surface area (Å²) in [6.45, 7) is 3.97. The molecule has 0 aliphatic carbocycles. The topological polar surface area (TPSA) is 87.7 Å². The molecule has 3 rings (SSSR count). The van der Waals surface area contributed by atoms with Crippen molar-refractivity contribution in [3.8, 4) is 5.75 Å². The minimum absolute atomic E-state index is 0.0357. The molecule has 0 radical (unpaired) electrons. The average molecular weight is 403 g/mol. The van der Waals surface area contributed by atoms with Crippen molar-refractivity contribution < 1.29 is 19.4 Å². The Bertz CT molecular complexity index is 928. The Morgan fingerprint density at radius 1 is 1.25 bits per heavy atom. The van der Waals surface area contributed by atoms with E-state index in [-0.39, 0.29) is 18.9 Å². The van der Waals surface area contributed by atoms with E-state index in [0.717, 1.165) is 0 Å². The molecule has 1 aliphatic rings. The highest BCUT2D eigenvalue weighted by molar-refractivity contribution is 6.31. The molecule has 0 bridgehead atoms. The van der Waals surface area contributed by atoms with Crippen molar-refractivity contribution in [3.63, 3.8) is 0 Å². The zero-order valence-electron chi connectivity index (χ0n) is 16.0. The maximum Gasteiger partial charge on any atom is 0.303 e. The van der Waals surface area contributed by atoms with Gasteiger partial charge < -0.3 is 15.2 Å². The van der Waals surface area contributed by atoms with E-state index in [1.807, 2.05) is 32.0 Å². The molecule has 1 atom stereocenters. The maximum atomic E-state index is 13.3. The van der Waals surface area contributed by atoms with Gasteiger partial charge in [0.05, 0.1) is 13.5 Å². The molecule has 3 N–H and O–H groups in total. The second kappa shape index (κ2) is 7.45. The monoisotopic (exact) mass is 402 g/mol. The fourth-order valence-corrected chi connectivity index (χ4v) is 3.78. The smallest absolute Gasteiger partial charge is 0.303 e. The molecule has 0 spiro atoms. The van der Waals surface area contributed by atoms with Crippen LogP contribution in [0.3, 0.4) is 0 Å². The van der Waals surface area contributed by atoms with Crippen LogP contribution in [0.1, 0.15) is 31.4 Å². The maximum absolute atomic E-state index is 13.3. The first-order valence-corrected chi connectivity index (χ1v) is 9.29. The van der Waals surface area contributed by atoms with Gasteiger partial charge in [-0.1, -0.05) is 43.6 Å². The zero-order valence-corrected chi connectivity index (χ0v) is 16.8. The number of ether oxygens (including phenoxy) is 1. The van der Waals surface area contributed by atoms with Gasteiger partial charge in [0.25, 0.3) is 5.91 Å². The van der Waals surface area contributed by atoms with E-state index in [0.29, 0.717) is 27.6 Å². The summed E-state index contributed by atoms with van der Waals surface area (Å²) in [6.07, 6.45) is -0.0357. The van der Waals surface area contributed by atoms with Gasteiger partial charge in [0.2, 0.25) is 0 Å². The summed E-state index contributed by atoms with van der Waals surface area (Å²) < 4.78 is 5.53. The Morgan fingerprint density at radius 2 is 1.96 bits per heavy atom. The normalized spacial score (nSPS) is 18.5. The molecule has 0 saturated heterocycles. The lowest BCUT2D eigenvalue weighted by atomic mass is 9.81. The fraction of sp³-hybridized carbons (Fsp3) is 0.333. The summed E-state index contributed by atoms with van der Waals surface area (Å²) in [5.41, 5.74) is 0.150. The summed E-state index contributed by atoms with van der Waals surface area (Å²) >= 11 is 6.24. The third kappa shape index (κ3) is 3.57. The molecule has 7 heteroatoms. The molecular weight excluding hydrogens is 380 g/mol. The Kier molecular flexibility index (Phi) is 5.37. The number of anilines is 1. The lowest BCUT2D eigenvalue weighted by Gasteiger charge is -2.34. The summed E-state index contributed by atoms with van der Waals surface area (Å²) in [5.74, 6) is -0.605. The number of carboxylic acids is 1. The molecule has 2 aromatic carbocycles. The number of carbonyl (C=O) groups excluding carboxylic acids is 1. The summed E-state index contributed by atoms with van der Waals surface area (Å²) in [7, 11) is 1.55. The number of amides is 1. The molecule has 2 aromatic rings.